The van der Waals surface area contributed by atoms with Crippen LogP contribution in [-0.4, -0.2) is 44.4 Å². The number of carbonyl (C=O) groups excluding carboxylic acids is 1. The number of amides is 1. The summed E-state index contributed by atoms with van der Waals surface area (Å²) in [6, 6.07) is 10.7. The van der Waals surface area contributed by atoms with Crippen molar-refractivity contribution in [3.05, 3.63) is 51.9 Å². The Bertz CT molecular complexity index is 932. The molecule has 1 heterocycles. The molecule has 1 saturated heterocycles. The topological polar surface area (TPSA) is 60.4 Å². The lowest BCUT2D eigenvalue weighted by molar-refractivity contribution is -0.121. The number of hydrogen-bond acceptors (Lipinski definition) is 6. The normalized spacial score (nSPS) is 16.8. The van der Waals surface area contributed by atoms with Crippen molar-refractivity contribution in [2.45, 2.75) is 0 Å². The third kappa shape index (κ3) is 4.10. The number of nitrogens with zero attached hydrogens (tertiary/aromatic N) is 2. The van der Waals surface area contributed by atoms with Gasteiger partial charge in [0.25, 0.3) is 5.91 Å². The second-order valence-electron chi connectivity index (χ2n) is 5.80. The summed E-state index contributed by atoms with van der Waals surface area (Å²) in [4.78, 5) is 19.2. The Kier molecular flexibility index (Phi) is 6.16. The van der Waals surface area contributed by atoms with Gasteiger partial charge < -0.3 is 14.2 Å². The van der Waals surface area contributed by atoms with E-state index in [1.807, 2.05) is 0 Å². The smallest absolute Gasteiger partial charge is 0.266 e. The van der Waals surface area contributed by atoms with Crippen molar-refractivity contribution in [3.63, 3.8) is 0 Å². The van der Waals surface area contributed by atoms with Gasteiger partial charge in [-0.05, 0) is 59.8 Å². The molecule has 1 aliphatic rings. The van der Waals surface area contributed by atoms with Crippen molar-refractivity contribution in [3.8, 4) is 17.2 Å². The van der Waals surface area contributed by atoms with Gasteiger partial charge in [0, 0.05) is 12.1 Å². The summed E-state index contributed by atoms with van der Waals surface area (Å²) in [5.41, 5.74) is 1.48. The highest BCUT2D eigenvalue weighted by molar-refractivity contribution is 8.18. The quantitative estimate of drug-likeness (QED) is 0.664. The molecular formula is C20H19ClN2O4S. The Labute approximate surface area is 172 Å². The van der Waals surface area contributed by atoms with E-state index in [1.54, 1.807) is 70.9 Å². The zero-order valence-electron chi connectivity index (χ0n) is 15.9. The summed E-state index contributed by atoms with van der Waals surface area (Å²) in [6.45, 7) is 0. The van der Waals surface area contributed by atoms with Crippen molar-refractivity contribution in [1.29, 1.82) is 0 Å². The maximum Gasteiger partial charge on any atom is 0.266 e. The van der Waals surface area contributed by atoms with Crippen LogP contribution >= 0.6 is 23.4 Å². The molecule has 2 aromatic carbocycles. The van der Waals surface area contributed by atoms with Crippen molar-refractivity contribution >= 4 is 46.2 Å². The molecule has 146 valence electrons. The Morgan fingerprint density at radius 2 is 1.64 bits per heavy atom. The number of methoxy groups -OCH3 is 3. The number of likely N-dealkylation sites (N-methyl/N-ethyl adjacent to an activating group) is 1. The molecule has 0 atom stereocenters. The number of amidine groups is 1. The molecule has 0 unspecified atom stereocenters. The Balaban J connectivity index is 1.95. The van der Waals surface area contributed by atoms with E-state index in [-0.39, 0.29) is 5.91 Å². The Morgan fingerprint density at radius 1 is 1.04 bits per heavy atom. The maximum atomic E-state index is 12.6. The van der Waals surface area contributed by atoms with Crippen LogP contribution in [0.15, 0.2) is 46.3 Å². The third-order valence-corrected chi connectivity index (χ3v) is 5.35. The first-order valence-corrected chi connectivity index (χ1v) is 9.48. The average molecular weight is 419 g/mol. The Hall–Kier alpha value is -2.64. The van der Waals surface area contributed by atoms with E-state index in [4.69, 9.17) is 25.8 Å². The van der Waals surface area contributed by atoms with Gasteiger partial charge in [0.2, 0.25) is 5.75 Å². The predicted octanol–water partition coefficient (Wildman–Crippen LogP) is 4.60. The molecule has 1 fully saturated rings. The summed E-state index contributed by atoms with van der Waals surface area (Å²) >= 11 is 7.21. The molecule has 0 spiro atoms. The van der Waals surface area contributed by atoms with Crippen LogP contribution in [0.5, 0.6) is 17.2 Å². The van der Waals surface area contributed by atoms with Crippen molar-refractivity contribution in [1.82, 2.24) is 4.90 Å². The van der Waals surface area contributed by atoms with Crippen LogP contribution in [0, 0.1) is 0 Å². The molecule has 6 nitrogen and oxygen atoms in total. The molecule has 0 bridgehead atoms. The monoisotopic (exact) mass is 418 g/mol. The second kappa shape index (κ2) is 8.58. The number of halogens is 1. The third-order valence-electron chi connectivity index (χ3n) is 4.04. The largest absolute Gasteiger partial charge is 0.493 e. The summed E-state index contributed by atoms with van der Waals surface area (Å²) in [5, 5.41) is 1.22. The lowest BCUT2D eigenvalue weighted by atomic mass is 10.1. The Morgan fingerprint density at radius 3 is 2.18 bits per heavy atom. The molecule has 1 aliphatic heterocycles. The minimum atomic E-state index is -0.133. The van der Waals surface area contributed by atoms with E-state index in [9.17, 15) is 4.79 Å². The van der Waals surface area contributed by atoms with Gasteiger partial charge in [-0.15, -0.1) is 0 Å². The fraction of sp³-hybridized carbons (Fsp3) is 0.200. The average Bonchev–Trinajstić information content (AvgIpc) is 2.96. The van der Waals surface area contributed by atoms with Gasteiger partial charge in [0.15, 0.2) is 16.7 Å². The van der Waals surface area contributed by atoms with Crippen LogP contribution in [0.4, 0.5) is 5.69 Å². The standard InChI is InChI=1S/C20H19ClN2O4S/c1-23-19(24)17(28-20(23)22-14-7-5-13(21)6-8-14)11-12-9-15(25-2)18(27-4)16(10-12)26-3/h5-11H,1-4H3/b17-11-,22-20?. The van der Waals surface area contributed by atoms with Crippen LogP contribution in [0.3, 0.4) is 0 Å². The van der Waals surface area contributed by atoms with E-state index in [2.05, 4.69) is 4.99 Å². The molecule has 28 heavy (non-hydrogen) atoms. The van der Waals surface area contributed by atoms with Gasteiger partial charge in [0.1, 0.15) is 0 Å². The zero-order valence-corrected chi connectivity index (χ0v) is 17.4. The second-order valence-corrected chi connectivity index (χ2v) is 7.25. The van der Waals surface area contributed by atoms with E-state index in [0.717, 1.165) is 11.3 Å². The van der Waals surface area contributed by atoms with Gasteiger partial charge in [-0.2, -0.15) is 0 Å². The van der Waals surface area contributed by atoms with Gasteiger partial charge in [-0.1, -0.05) is 11.6 Å². The molecule has 0 radical (unpaired) electrons. The van der Waals surface area contributed by atoms with E-state index >= 15 is 0 Å². The number of thioether (sulfide) groups is 1. The van der Waals surface area contributed by atoms with Gasteiger partial charge in [-0.3, -0.25) is 9.69 Å². The fourth-order valence-corrected chi connectivity index (χ4v) is 3.73. The van der Waals surface area contributed by atoms with E-state index < -0.39 is 0 Å². The number of aliphatic imine (C=N–C) groups is 1. The SMILES string of the molecule is COc1cc(/C=C2\SC(=Nc3ccc(Cl)cc3)N(C)C2=O)cc(OC)c1OC. The first kappa shape index (κ1) is 20.1. The molecule has 0 aromatic heterocycles. The number of carbonyl (C=O) groups is 1. The van der Waals surface area contributed by atoms with Crippen molar-refractivity contribution in [2.75, 3.05) is 28.4 Å². The fourth-order valence-electron chi connectivity index (χ4n) is 2.61. The molecule has 0 saturated carbocycles. The van der Waals surface area contributed by atoms with Gasteiger partial charge >= 0.3 is 0 Å². The highest BCUT2D eigenvalue weighted by Crippen LogP contribution is 2.40. The molecule has 3 rings (SSSR count). The lowest BCUT2D eigenvalue weighted by Gasteiger charge is -2.13. The maximum absolute atomic E-state index is 12.6. The predicted molar refractivity (Wildman–Crippen MR) is 113 cm³/mol. The van der Waals surface area contributed by atoms with Gasteiger partial charge in [-0.25, -0.2) is 4.99 Å². The number of rotatable bonds is 5. The first-order chi connectivity index (χ1) is 13.5. The molecule has 1 amide bonds. The molecule has 8 heteroatoms. The summed E-state index contributed by atoms with van der Waals surface area (Å²) in [6.07, 6.45) is 1.78. The summed E-state index contributed by atoms with van der Waals surface area (Å²) < 4.78 is 16.1. The minimum Gasteiger partial charge on any atom is -0.493 e. The first-order valence-electron chi connectivity index (χ1n) is 8.28. The van der Waals surface area contributed by atoms with Crippen LogP contribution in [-0.2, 0) is 4.79 Å². The van der Waals surface area contributed by atoms with Crippen LogP contribution in [0.2, 0.25) is 5.02 Å². The number of benzene rings is 2. The zero-order chi connectivity index (χ0) is 20.3. The van der Waals surface area contributed by atoms with E-state index in [1.165, 1.54) is 16.7 Å². The highest BCUT2D eigenvalue weighted by atomic mass is 35.5. The van der Waals surface area contributed by atoms with E-state index in [0.29, 0.717) is 32.3 Å². The molecule has 2 aromatic rings. The molecule has 0 aliphatic carbocycles. The summed E-state index contributed by atoms with van der Waals surface area (Å²) in [5.74, 6) is 1.41. The molecule has 0 N–H and O–H groups in total. The van der Waals surface area contributed by atoms with Crippen LogP contribution < -0.4 is 14.2 Å². The number of ether oxygens (including phenoxy) is 3. The lowest BCUT2D eigenvalue weighted by Crippen LogP contribution is -2.23. The van der Waals surface area contributed by atoms with Crippen molar-refractivity contribution in [2.24, 2.45) is 4.99 Å². The van der Waals surface area contributed by atoms with Crippen molar-refractivity contribution < 1.29 is 19.0 Å². The summed E-state index contributed by atoms with van der Waals surface area (Å²) in [7, 11) is 6.34. The molecular weight excluding hydrogens is 400 g/mol. The van der Waals surface area contributed by atoms with Crippen LogP contribution in [0.25, 0.3) is 6.08 Å². The highest BCUT2D eigenvalue weighted by Gasteiger charge is 2.30. The van der Waals surface area contributed by atoms with Gasteiger partial charge in [0.05, 0.1) is 31.9 Å². The van der Waals surface area contributed by atoms with Crippen LogP contribution in [0.1, 0.15) is 5.56 Å². The number of hydrogen-bond donors (Lipinski definition) is 0. The minimum absolute atomic E-state index is 0.133.